The summed E-state index contributed by atoms with van der Waals surface area (Å²) in [6.45, 7) is 2.77. The first-order valence-corrected chi connectivity index (χ1v) is 11.2. The maximum atomic E-state index is 11.1. The molecule has 0 saturated heterocycles. The minimum absolute atomic E-state index is 0.138. The Bertz CT molecular complexity index is 1050. The molecule has 1 aromatic carbocycles. The first kappa shape index (κ1) is 19.7. The molecule has 2 aliphatic rings. The monoisotopic (exact) mass is 405 g/mol. The number of aliphatic hydroxyl groups is 1. The van der Waals surface area contributed by atoms with E-state index in [1.165, 1.54) is 22.9 Å². The summed E-state index contributed by atoms with van der Waals surface area (Å²) < 4.78 is 7.39. The van der Waals surface area contributed by atoms with Crippen molar-refractivity contribution in [2.45, 2.75) is 62.9 Å². The van der Waals surface area contributed by atoms with Gasteiger partial charge >= 0.3 is 0 Å². The Kier molecular flexibility index (Phi) is 4.91. The van der Waals surface area contributed by atoms with Gasteiger partial charge in [0.15, 0.2) is 0 Å². The molecule has 0 amide bonds. The van der Waals surface area contributed by atoms with Crippen LogP contribution < -0.4 is 0 Å². The lowest BCUT2D eigenvalue weighted by atomic mass is 9.57. The summed E-state index contributed by atoms with van der Waals surface area (Å²) >= 11 is 0. The van der Waals surface area contributed by atoms with E-state index in [1.807, 2.05) is 35.4 Å². The number of benzene rings is 1. The zero-order chi connectivity index (χ0) is 20.8. The van der Waals surface area contributed by atoms with E-state index in [-0.39, 0.29) is 5.41 Å². The van der Waals surface area contributed by atoms with Crippen LogP contribution in [0.3, 0.4) is 0 Å². The lowest BCUT2D eigenvalue weighted by molar-refractivity contribution is -0.0903. The van der Waals surface area contributed by atoms with Crippen LogP contribution in [0.1, 0.15) is 56.6 Å². The molecule has 0 radical (unpaired) electrons. The average Bonchev–Trinajstić information content (AvgIpc) is 3.10. The first-order valence-electron chi connectivity index (χ1n) is 11.2. The van der Waals surface area contributed by atoms with E-state index in [0.29, 0.717) is 12.5 Å². The quantitative estimate of drug-likeness (QED) is 0.690. The maximum Gasteiger partial charge on any atom is 0.0883 e. The Hall–Kier alpha value is -2.24. The molecule has 5 heteroatoms. The standard InChI is InChI=1S/C25H31N3O2/c1-3-25-10-9-24(29,17-30-2)15-20(25)6-4-5-18-14-23-19(13-22(18)25)16-27-28(23)21-7-11-26-12-8-21/h7-8,11-14,16,20,29H,3-6,9-10,15,17H2,1-2H3. The molecule has 1 saturated carbocycles. The summed E-state index contributed by atoms with van der Waals surface area (Å²) in [6.07, 6.45) is 12.8. The van der Waals surface area contributed by atoms with Gasteiger partial charge in [-0.2, -0.15) is 5.10 Å². The van der Waals surface area contributed by atoms with E-state index < -0.39 is 5.60 Å². The second-order valence-corrected chi connectivity index (χ2v) is 9.29. The second kappa shape index (κ2) is 7.47. The van der Waals surface area contributed by atoms with Crippen molar-refractivity contribution in [1.29, 1.82) is 0 Å². The van der Waals surface area contributed by atoms with Crippen molar-refractivity contribution < 1.29 is 9.84 Å². The fourth-order valence-corrected chi connectivity index (χ4v) is 6.22. The van der Waals surface area contributed by atoms with Gasteiger partial charge in [-0.25, -0.2) is 4.68 Å². The molecule has 1 N–H and O–H groups in total. The molecule has 30 heavy (non-hydrogen) atoms. The molecule has 2 heterocycles. The molecule has 1 fully saturated rings. The fraction of sp³-hybridized carbons (Fsp3) is 0.520. The predicted octanol–water partition coefficient (Wildman–Crippen LogP) is 4.58. The molecule has 0 aliphatic heterocycles. The third-order valence-electron chi connectivity index (χ3n) is 7.72. The molecule has 3 atom stereocenters. The molecule has 3 aromatic rings. The van der Waals surface area contributed by atoms with Crippen molar-refractivity contribution >= 4 is 10.9 Å². The number of nitrogens with zero attached hydrogens (tertiary/aromatic N) is 3. The zero-order valence-electron chi connectivity index (χ0n) is 18.0. The van der Waals surface area contributed by atoms with Crippen LogP contribution in [-0.4, -0.2) is 39.2 Å². The summed E-state index contributed by atoms with van der Waals surface area (Å²) in [6, 6.07) is 8.77. The van der Waals surface area contributed by atoms with Crippen molar-refractivity contribution in [3.05, 3.63) is 54.0 Å². The number of rotatable bonds is 4. The van der Waals surface area contributed by atoms with Crippen molar-refractivity contribution in [1.82, 2.24) is 14.8 Å². The number of fused-ring (bicyclic) bond motifs is 4. The number of ether oxygens (including phenoxy) is 1. The number of pyridine rings is 1. The Morgan fingerprint density at radius 2 is 2.07 bits per heavy atom. The van der Waals surface area contributed by atoms with E-state index in [4.69, 9.17) is 9.84 Å². The van der Waals surface area contributed by atoms with E-state index in [9.17, 15) is 5.11 Å². The first-order chi connectivity index (χ1) is 14.6. The molecule has 5 nitrogen and oxygen atoms in total. The van der Waals surface area contributed by atoms with Crippen LogP contribution in [0.2, 0.25) is 0 Å². The lowest BCUT2D eigenvalue weighted by Gasteiger charge is -2.50. The van der Waals surface area contributed by atoms with E-state index in [2.05, 4.69) is 24.0 Å². The molecule has 5 rings (SSSR count). The SMILES string of the molecule is CCC12CCC(O)(COC)CC1CCCc1cc3c(cnn3-c3ccncc3)cc12. The minimum atomic E-state index is -0.682. The van der Waals surface area contributed by atoms with Gasteiger partial charge in [-0.05, 0) is 91.7 Å². The van der Waals surface area contributed by atoms with Gasteiger partial charge in [0.05, 0.1) is 29.6 Å². The average molecular weight is 406 g/mol. The van der Waals surface area contributed by atoms with Crippen LogP contribution in [0.25, 0.3) is 16.6 Å². The van der Waals surface area contributed by atoms with Crippen LogP contribution in [0, 0.1) is 5.92 Å². The number of hydrogen-bond donors (Lipinski definition) is 1. The van der Waals surface area contributed by atoms with Gasteiger partial charge < -0.3 is 9.84 Å². The predicted molar refractivity (Wildman–Crippen MR) is 118 cm³/mol. The van der Waals surface area contributed by atoms with Crippen molar-refractivity contribution in [2.24, 2.45) is 5.92 Å². The number of hydrogen-bond acceptors (Lipinski definition) is 4. The molecule has 158 valence electrons. The lowest BCUT2D eigenvalue weighted by Crippen LogP contribution is -2.49. The van der Waals surface area contributed by atoms with Crippen LogP contribution in [0.15, 0.2) is 42.9 Å². The van der Waals surface area contributed by atoms with Crippen LogP contribution in [0.4, 0.5) is 0 Å². The minimum Gasteiger partial charge on any atom is -0.387 e. The van der Waals surface area contributed by atoms with Crippen molar-refractivity contribution in [2.75, 3.05) is 13.7 Å². The number of aromatic nitrogens is 3. The van der Waals surface area contributed by atoms with Gasteiger partial charge in [0.25, 0.3) is 0 Å². The topological polar surface area (TPSA) is 60.2 Å². The fourth-order valence-electron chi connectivity index (χ4n) is 6.22. The molecular weight excluding hydrogens is 374 g/mol. The van der Waals surface area contributed by atoms with E-state index in [0.717, 1.165) is 49.7 Å². The second-order valence-electron chi connectivity index (χ2n) is 9.29. The maximum absolute atomic E-state index is 11.1. The number of methoxy groups -OCH3 is 1. The summed E-state index contributed by atoms with van der Waals surface area (Å²) in [5, 5.41) is 17.0. The van der Waals surface area contributed by atoms with Crippen LogP contribution in [0.5, 0.6) is 0 Å². The van der Waals surface area contributed by atoms with Gasteiger partial charge in [0, 0.05) is 24.9 Å². The third-order valence-corrected chi connectivity index (χ3v) is 7.72. The van der Waals surface area contributed by atoms with Crippen LogP contribution >= 0.6 is 0 Å². The highest BCUT2D eigenvalue weighted by Gasteiger charge is 2.49. The largest absolute Gasteiger partial charge is 0.387 e. The van der Waals surface area contributed by atoms with Gasteiger partial charge in [-0.3, -0.25) is 4.98 Å². The van der Waals surface area contributed by atoms with E-state index in [1.54, 1.807) is 7.11 Å². The number of aryl methyl sites for hydroxylation is 1. The third kappa shape index (κ3) is 3.07. The Morgan fingerprint density at radius 3 is 2.83 bits per heavy atom. The molecule has 0 spiro atoms. The van der Waals surface area contributed by atoms with Gasteiger partial charge in [-0.1, -0.05) is 6.92 Å². The summed E-state index contributed by atoms with van der Waals surface area (Å²) in [7, 11) is 1.69. The Labute approximate surface area is 178 Å². The van der Waals surface area contributed by atoms with Crippen molar-refractivity contribution in [3.63, 3.8) is 0 Å². The Balaban J connectivity index is 1.61. The molecular formula is C25H31N3O2. The van der Waals surface area contributed by atoms with Gasteiger partial charge in [0.2, 0.25) is 0 Å². The molecule has 2 aromatic heterocycles. The highest BCUT2D eigenvalue weighted by molar-refractivity contribution is 5.82. The van der Waals surface area contributed by atoms with E-state index >= 15 is 0 Å². The molecule has 0 bridgehead atoms. The Morgan fingerprint density at radius 1 is 1.23 bits per heavy atom. The normalized spacial score (nSPS) is 28.7. The van der Waals surface area contributed by atoms with Crippen LogP contribution in [-0.2, 0) is 16.6 Å². The van der Waals surface area contributed by atoms with Gasteiger partial charge in [-0.15, -0.1) is 0 Å². The smallest absolute Gasteiger partial charge is 0.0883 e. The van der Waals surface area contributed by atoms with Crippen molar-refractivity contribution in [3.8, 4) is 5.69 Å². The van der Waals surface area contributed by atoms with Gasteiger partial charge in [0.1, 0.15) is 0 Å². The summed E-state index contributed by atoms with van der Waals surface area (Å²) in [4.78, 5) is 4.14. The zero-order valence-corrected chi connectivity index (χ0v) is 18.0. The highest BCUT2D eigenvalue weighted by Crippen LogP contribution is 2.54. The summed E-state index contributed by atoms with van der Waals surface area (Å²) in [5.41, 5.74) is 4.61. The molecule has 3 unspecified atom stereocenters. The highest BCUT2D eigenvalue weighted by atomic mass is 16.5. The molecule has 2 aliphatic carbocycles. The summed E-state index contributed by atoms with van der Waals surface area (Å²) in [5.74, 6) is 0.491.